The first-order valence-corrected chi connectivity index (χ1v) is 9.23. The maximum absolute atomic E-state index is 12.7. The molecule has 4 rings (SSSR count). The number of carbonyl (C=O) groups is 1. The van der Waals surface area contributed by atoms with Crippen LogP contribution in [0.2, 0.25) is 0 Å². The number of urea groups is 1. The van der Waals surface area contributed by atoms with E-state index >= 15 is 0 Å². The summed E-state index contributed by atoms with van der Waals surface area (Å²) in [5.74, 6) is 3.26. The molecule has 2 amide bonds. The van der Waals surface area contributed by atoms with E-state index in [9.17, 15) is 4.79 Å². The Hall–Kier alpha value is -2.24. The molecule has 134 valence electrons. The second-order valence-corrected chi connectivity index (χ2v) is 7.56. The van der Waals surface area contributed by atoms with Gasteiger partial charge >= 0.3 is 6.03 Å². The maximum atomic E-state index is 12.7. The van der Waals surface area contributed by atoms with Crippen molar-refractivity contribution in [1.29, 1.82) is 0 Å². The molecule has 3 atom stereocenters. The Labute approximate surface area is 148 Å². The van der Waals surface area contributed by atoms with Gasteiger partial charge in [-0.15, -0.1) is 0 Å². The highest BCUT2D eigenvalue weighted by atomic mass is 16.3. The Kier molecular flexibility index (Phi) is 4.27. The largest absolute Gasteiger partial charge is 0.464 e. The third kappa shape index (κ3) is 3.89. The van der Waals surface area contributed by atoms with Gasteiger partial charge in [0.15, 0.2) is 0 Å². The number of hydrogen-bond donors (Lipinski definition) is 1. The Morgan fingerprint density at radius 2 is 2.28 bits per heavy atom. The van der Waals surface area contributed by atoms with Gasteiger partial charge in [-0.25, -0.2) is 4.79 Å². The van der Waals surface area contributed by atoms with E-state index < -0.39 is 0 Å². The number of hydrogen-bond acceptors (Lipinski definition) is 3. The molecule has 0 aliphatic heterocycles. The Bertz CT molecular complexity index is 720. The molecule has 2 aliphatic carbocycles. The number of furan rings is 1. The van der Waals surface area contributed by atoms with Crippen molar-refractivity contribution in [3.63, 3.8) is 0 Å². The van der Waals surface area contributed by atoms with Crippen LogP contribution in [0.1, 0.15) is 50.5 Å². The third-order valence-corrected chi connectivity index (χ3v) is 5.12. The molecule has 0 saturated heterocycles. The molecule has 6 nitrogen and oxygen atoms in total. The highest BCUT2D eigenvalue weighted by Crippen LogP contribution is 2.47. The Morgan fingerprint density at radius 1 is 1.48 bits per heavy atom. The van der Waals surface area contributed by atoms with E-state index in [-0.39, 0.29) is 12.1 Å². The maximum Gasteiger partial charge on any atom is 0.318 e. The molecule has 2 aromatic rings. The molecular weight excluding hydrogens is 316 g/mol. The summed E-state index contributed by atoms with van der Waals surface area (Å²) in [6.45, 7) is 5.47. The van der Waals surface area contributed by atoms with Crippen LogP contribution in [-0.4, -0.2) is 32.8 Å². The molecule has 1 N–H and O–H groups in total. The molecule has 0 unspecified atom stereocenters. The van der Waals surface area contributed by atoms with Crippen LogP contribution in [0.3, 0.4) is 0 Å². The monoisotopic (exact) mass is 342 g/mol. The molecule has 0 radical (unpaired) electrons. The van der Waals surface area contributed by atoms with Crippen LogP contribution in [0.15, 0.2) is 35.0 Å². The normalized spacial score (nSPS) is 23.3. The van der Waals surface area contributed by atoms with E-state index in [0.29, 0.717) is 25.0 Å². The fourth-order valence-electron chi connectivity index (χ4n) is 3.35. The summed E-state index contributed by atoms with van der Waals surface area (Å²) < 4.78 is 7.83. The molecular formula is C19H26N4O2. The minimum atomic E-state index is -0.0140. The predicted octanol–water partition coefficient (Wildman–Crippen LogP) is 3.36. The molecule has 0 bridgehead atoms. The van der Waals surface area contributed by atoms with E-state index in [1.54, 1.807) is 6.20 Å². The zero-order chi connectivity index (χ0) is 17.4. The van der Waals surface area contributed by atoms with Crippen LogP contribution in [0.5, 0.6) is 0 Å². The van der Waals surface area contributed by atoms with Crippen molar-refractivity contribution in [2.45, 2.75) is 64.2 Å². The average molecular weight is 342 g/mol. The number of nitrogens with zero attached hydrogens (tertiary/aromatic N) is 3. The van der Waals surface area contributed by atoms with E-state index in [1.165, 1.54) is 6.42 Å². The topological polar surface area (TPSA) is 63.3 Å². The van der Waals surface area contributed by atoms with Gasteiger partial charge < -0.3 is 14.6 Å². The number of nitrogens with one attached hydrogen (secondary N) is 1. The SMILES string of the molecule is C[C@H](Cn1cccn1)NC(=O)N(Cc1ccc([C@@H]2C[C@H]2C)o1)C1CC1. The van der Waals surface area contributed by atoms with Crippen molar-refractivity contribution in [1.82, 2.24) is 20.0 Å². The standard InChI is InChI=1S/C19H26N4O2/c1-13-10-17(13)18-7-6-16(25-18)12-23(15-4-5-15)19(24)21-14(2)11-22-9-3-8-20-22/h3,6-9,13-15,17H,4-5,10-12H2,1-2H3,(H,21,24)/t13-,14-,17-/m1/s1. The second-order valence-electron chi connectivity index (χ2n) is 7.56. The van der Waals surface area contributed by atoms with Gasteiger partial charge in [0.2, 0.25) is 0 Å². The smallest absolute Gasteiger partial charge is 0.318 e. The summed E-state index contributed by atoms with van der Waals surface area (Å²) in [6.07, 6.45) is 7.03. The highest BCUT2D eigenvalue weighted by molar-refractivity contribution is 5.75. The molecule has 25 heavy (non-hydrogen) atoms. The van der Waals surface area contributed by atoms with E-state index in [0.717, 1.165) is 30.3 Å². The summed E-state index contributed by atoms with van der Waals surface area (Å²) in [4.78, 5) is 14.6. The quantitative estimate of drug-likeness (QED) is 0.839. The van der Waals surface area contributed by atoms with Crippen LogP contribution in [0, 0.1) is 5.92 Å². The molecule has 2 fully saturated rings. The fraction of sp³-hybridized carbons (Fsp3) is 0.579. The zero-order valence-electron chi connectivity index (χ0n) is 14.9. The van der Waals surface area contributed by atoms with Crippen molar-refractivity contribution in [3.05, 3.63) is 42.1 Å². The zero-order valence-corrected chi connectivity index (χ0v) is 14.9. The second kappa shape index (κ2) is 6.58. The lowest BCUT2D eigenvalue weighted by Crippen LogP contribution is -2.45. The fourth-order valence-corrected chi connectivity index (χ4v) is 3.35. The molecule has 0 aromatic carbocycles. The molecule has 0 spiro atoms. The summed E-state index contributed by atoms with van der Waals surface area (Å²) >= 11 is 0. The van der Waals surface area contributed by atoms with Crippen molar-refractivity contribution in [3.8, 4) is 0 Å². The van der Waals surface area contributed by atoms with Crippen LogP contribution in [0.4, 0.5) is 4.79 Å². The lowest BCUT2D eigenvalue weighted by atomic mass is 10.3. The van der Waals surface area contributed by atoms with Crippen molar-refractivity contribution < 1.29 is 9.21 Å². The number of aromatic nitrogens is 2. The molecule has 2 saturated carbocycles. The molecule has 6 heteroatoms. The first-order chi connectivity index (χ1) is 12.1. The summed E-state index contributed by atoms with van der Waals surface area (Å²) in [7, 11) is 0. The van der Waals surface area contributed by atoms with Crippen LogP contribution in [0.25, 0.3) is 0 Å². The van der Waals surface area contributed by atoms with Gasteiger partial charge in [0.05, 0.1) is 13.1 Å². The van der Waals surface area contributed by atoms with E-state index in [4.69, 9.17) is 4.42 Å². The van der Waals surface area contributed by atoms with Gasteiger partial charge in [0.25, 0.3) is 0 Å². The van der Waals surface area contributed by atoms with Gasteiger partial charge in [-0.2, -0.15) is 5.10 Å². The summed E-state index contributed by atoms with van der Waals surface area (Å²) in [5, 5.41) is 7.28. The van der Waals surface area contributed by atoms with E-state index in [1.807, 2.05) is 34.8 Å². The highest BCUT2D eigenvalue weighted by Gasteiger charge is 2.37. The van der Waals surface area contributed by atoms with E-state index in [2.05, 4.69) is 23.4 Å². The first kappa shape index (κ1) is 16.2. The molecule has 2 aromatic heterocycles. The minimum absolute atomic E-state index is 0.0140. The van der Waals surface area contributed by atoms with Crippen molar-refractivity contribution >= 4 is 6.03 Å². The first-order valence-electron chi connectivity index (χ1n) is 9.23. The third-order valence-electron chi connectivity index (χ3n) is 5.12. The van der Waals surface area contributed by atoms with Crippen LogP contribution in [-0.2, 0) is 13.1 Å². The Balaban J connectivity index is 1.35. The molecule has 2 aliphatic rings. The lowest BCUT2D eigenvalue weighted by Gasteiger charge is -2.24. The van der Waals surface area contributed by atoms with Crippen LogP contribution >= 0.6 is 0 Å². The summed E-state index contributed by atoms with van der Waals surface area (Å²) in [6, 6.07) is 6.34. The van der Waals surface area contributed by atoms with Gasteiger partial charge in [0.1, 0.15) is 11.5 Å². The number of amides is 2. The average Bonchev–Trinajstić information content (AvgIpc) is 3.43. The van der Waals surface area contributed by atoms with Crippen LogP contribution < -0.4 is 5.32 Å². The van der Waals surface area contributed by atoms with Gasteiger partial charge in [-0.3, -0.25) is 4.68 Å². The van der Waals surface area contributed by atoms with Crippen molar-refractivity contribution in [2.75, 3.05) is 0 Å². The lowest BCUT2D eigenvalue weighted by molar-refractivity contribution is 0.182. The Morgan fingerprint density at radius 3 is 2.92 bits per heavy atom. The predicted molar refractivity (Wildman–Crippen MR) is 94.0 cm³/mol. The van der Waals surface area contributed by atoms with Gasteiger partial charge in [-0.1, -0.05) is 6.92 Å². The van der Waals surface area contributed by atoms with Gasteiger partial charge in [-0.05, 0) is 50.3 Å². The molecule has 2 heterocycles. The minimum Gasteiger partial charge on any atom is -0.464 e. The number of carbonyl (C=O) groups excluding carboxylic acids is 1. The summed E-state index contributed by atoms with van der Waals surface area (Å²) in [5.41, 5.74) is 0. The number of rotatable bonds is 7. The van der Waals surface area contributed by atoms with Crippen molar-refractivity contribution in [2.24, 2.45) is 5.92 Å². The van der Waals surface area contributed by atoms with Gasteiger partial charge in [0, 0.05) is 30.4 Å².